The standard InChI is InChI=1S/C17H18N4O5S2/c1-10-9-27-16(18-10)20-15(22)11-3-2-6-21(8-11)28(24,25)12-4-5-13-14(7-12)26-17(23)19-13/h4-5,7,9,11H,2-3,6,8H2,1H3,(H,19,23)(H,18,20,22)/t11-/m0/s1. The van der Waals surface area contributed by atoms with E-state index in [2.05, 4.69) is 15.3 Å². The van der Waals surface area contributed by atoms with Gasteiger partial charge in [0.05, 0.1) is 22.0 Å². The van der Waals surface area contributed by atoms with Crippen LogP contribution in [0.25, 0.3) is 11.1 Å². The number of H-pyrrole nitrogens is 1. The Labute approximate surface area is 164 Å². The highest BCUT2D eigenvalue weighted by atomic mass is 32.2. The molecule has 1 saturated heterocycles. The molecule has 3 aromatic rings. The number of thiazole rings is 1. The highest BCUT2D eigenvalue weighted by molar-refractivity contribution is 7.89. The lowest BCUT2D eigenvalue weighted by atomic mass is 9.99. The van der Waals surface area contributed by atoms with Gasteiger partial charge in [0.2, 0.25) is 15.9 Å². The van der Waals surface area contributed by atoms with E-state index < -0.39 is 21.7 Å². The molecule has 0 spiro atoms. The van der Waals surface area contributed by atoms with Gasteiger partial charge in [0.25, 0.3) is 0 Å². The molecular formula is C17H18N4O5S2. The van der Waals surface area contributed by atoms with E-state index in [4.69, 9.17) is 4.42 Å². The van der Waals surface area contributed by atoms with Gasteiger partial charge in [-0.15, -0.1) is 11.3 Å². The molecule has 1 fully saturated rings. The number of benzene rings is 1. The van der Waals surface area contributed by atoms with Gasteiger partial charge in [-0.2, -0.15) is 4.31 Å². The van der Waals surface area contributed by atoms with Crippen molar-refractivity contribution in [3.8, 4) is 0 Å². The lowest BCUT2D eigenvalue weighted by Gasteiger charge is -2.31. The quantitative estimate of drug-likeness (QED) is 0.662. The van der Waals surface area contributed by atoms with Crippen molar-refractivity contribution in [2.75, 3.05) is 18.4 Å². The van der Waals surface area contributed by atoms with Gasteiger partial charge in [-0.1, -0.05) is 0 Å². The minimum atomic E-state index is -3.82. The summed E-state index contributed by atoms with van der Waals surface area (Å²) in [6, 6.07) is 4.24. The number of rotatable bonds is 4. The molecule has 0 bridgehead atoms. The predicted octanol–water partition coefficient (Wildman–Crippen LogP) is 1.93. The van der Waals surface area contributed by atoms with E-state index in [1.54, 1.807) is 0 Å². The maximum absolute atomic E-state index is 13.0. The van der Waals surface area contributed by atoms with E-state index in [-0.39, 0.29) is 22.9 Å². The van der Waals surface area contributed by atoms with Crippen molar-refractivity contribution in [2.24, 2.45) is 5.92 Å². The minimum absolute atomic E-state index is 0.0272. The zero-order chi connectivity index (χ0) is 19.9. The van der Waals surface area contributed by atoms with Crippen LogP contribution in [0.2, 0.25) is 0 Å². The highest BCUT2D eigenvalue weighted by Crippen LogP contribution is 2.26. The molecule has 1 aromatic carbocycles. The zero-order valence-electron chi connectivity index (χ0n) is 15.0. The molecule has 1 aliphatic rings. The molecule has 2 aromatic heterocycles. The molecule has 0 unspecified atom stereocenters. The van der Waals surface area contributed by atoms with Crippen molar-refractivity contribution in [1.29, 1.82) is 0 Å². The summed E-state index contributed by atoms with van der Waals surface area (Å²) in [5.41, 5.74) is 1.43. The Balaban J connectivity index is 1.53. The van der Waals surface area contributed by atoms with Gasteiger partial charge < -0.3 is 9.73 Å². The number of amides is 1. The number of hydrogen-bond acceptors (Lipinski definition) is 7. The number of oxazole rings is 1. The second-order valence-electron chi connectivity index (χ2n) is 6.66. The molecular weight excluding hydrogens is 404 g/mol. The first-order valence-electron chi connectivity index (χ1n) is 8.69. The molecule has 0 aliphatic carbocycles. The van der Waals surface area contributed by atoms with Gasteiger partial charge in [0.1, 0.15) is 0 Å². The van der Waals surface area contributed by atoms with Crippen LogP contribution >= 0.6 is 11.3 Å². The lowest BCUT2D eigenvalue weighted by molar-refractivity contribution is -0.120. The fourth-order valence-electron chi connectivity index (χ4n) is 3.23. The van der Waals surface area contributed by atoms with Gasteiger partial charge >= 0.3 is 5.76 Å². The molecule has 1 aliphatic heterocycles. The van der Waals surface area contributed by atoms with Crippen LogP contribution in [-0.4, -0.2) is 41.7 Å². The average molecular weight is 422 g/mol. The SMILES string of the molecule is Cc1csc(NC(=O)[C@H]2CCCN(S(=O)(=O)c3ccc4[nH]c(=O)oc4c3)C2)n1. The summed E-state index contributed by atoms with van der Waals surface area (Å²) in [4.78, 5) is 30.5. The average Bonchev–Trinajstić information content (AvgIpc) is 3.25. The Morgan fingerprint density at radius 1 is 1.43 bits per heavy atom. The fraction of sp³-hybridized carbons (Fsp3) is 0.353. The Bertz CT molecular complexity index is 1190. The number of aryl methyl sites for hydroxylation is 1. The number of anilines is 1. The van der Waals surface area contributed by atoms with Crippen LogP contribution < -0.4 is 11.1 Å². The van der Waals surface area contributed by atoms with Gasteiger partial charge in [-0.05, 0) is 31.9 Å². The molecule has 4 rings (SSSR count). The van der Waals surface area contributed by atoms with E-state index in [0.717, 1.165) is 5.69 Å². The molecule has 2 N–H and O–H groups in total. The molecule has 9 nitrogen and oxygen atoms in total. The minimum Gasteiger partial charge on any atom is -0.408 e. The Kier molecular flexibility index (Phi) is 4.81. The molecule has 11 heteroatoms. The van der Waals surface area contributed by atoms with Crippen LogP contribution in [0.1, 0.15) is 18.5 Å². The number of nitrogens with zero attached hydrogens (tertiary/aromatic N) is 2. The second-order valence-corrected chi connectivity index (χ2v) is 9.45. The normalized spacial score (nSPS) is 18.4. The number of aromatic amines is 1. The second kappa shape index (κ2) is 7.15. The maximum Gasteiger partial charge on any atom is 0.417 e. The monoisotopic (exact) mass is 422 g/mol. The maximum atomic E-state index is 13.0. The zero-order valence-corrected chi connectivity index (χ0v) is 16.6. The fourth-order valence-corrected chi connectivity index (χ4v) is 5.46. The Morgan fingerprint density at radius 2 is 2.25 bits per heavy atom. The van der Waals surface area contributed by atoms with Crippen molar-refractivity contribution in [3.05, 3.63) is 39.8 Å². The van der Waals surface area contributed by atoms with Gasteiger partial charge in [-0.25, -0.2) is 18.2 Å². The topological polar surface area (TPSA) is 125 Å². The first-order chi connectivity index (χ1) is 13.3. The summed E-state index contributed by atoms with van der Waals surface area (Å²) in [5.74, 6) is -1.33. The van der Waals surface area contributed by atoms with Crippen molar-refractivity contribution < 1.29 is 17.6 Å². The molecule has 1 atom stereocenters. The van der Waals surface area contributed by atoms with Gasteiger partial charge in [0.15, 0.2) is 10.7 Å². The van der Waals surface area contributed by atoms with E-state index in [1.165, 1.54) is 33.8 Å². The summed E-state index contributed by atoms with van der Waals surface area (Å²) >= 11 is 1.33. The third-order valence-electron chi connectivity index (χ3n) is 4.63. The third kappa shape index (κ3) is 3.60. The van der Waals surface area contributed by atoms with Crippen LogP contribution in [0.4, 0.5) is 5.13 Å². The molecule has 1 amide bonds. The lowest BCUT2D eigenvalue weighted by Crippen LogP contribution is -2.43. The molecule has 0 saturated carbocycles. The Morgan fingerprint density at radius 3 is 3.00 bits per heavy atom. The Hall–Kier alpha value is -2.50. The number of aromatic nitrogens is 2. The van der Waals surface area contributed by atoms with Crippen molar-refractivity contribution in [1.82, 2.24) is 14.3 Å². The van der Waals surface area contributed by atoms with E-state index in [0.29, 0.717) is 30.0 Å². The van der Waals surface area contributed by atoms with Crippen molar-refractivity contribution in [3.63, 3.8) is 0 Å². The van der Waals surface area contributed by atoms with Crippen LogP contribution in [-0.2, 0) is 14.8 Å². The number of nitrogens with one attached hydrogen (secondary N) is 2. The first-order valence-corrected chi connectivity index (χ1v) is 11.0. The summed E-state index contributed by atoms with van der Waals surface area (Å²) in [6.45, 7) is 2.26. The smallest absolute Gasteiger partial charge is 0.408 e. The van der Waals surface area contributed by atoms with Crippen molar-refractivity contribution in [2.45, 2.75) is 24.7 Å². The predicted molar refractivity (Wildman–Crippen MR) is 104 cm³/mol. The summed E-state index contributed by atoms with van der Waals surface area (Å²) < 4.78 is 32.3. The number of sulfonamides is 1. The molecule has 0 radical (unpaired) electrons. The highest BCUT2D eigenvalue weighted by Gasteiger charge is 2.33. The van der Waals surface area contributed by atoms with Crippen LogP contribution in [0.3, 0.4) is 0 Å². The van der Waals surface area contributed by atoms with Crippen LogP contribution in [0.5, 0.6) is 0 Å². The first kappa shape index (κ1) is 18.8. The van der Waals surface area contributed by atoms with Gasteiger partial charge in [0, 0.05) is 24.5 Å². The molecule has 28 heavy (non-hydrogen) atoms. The van der Waals surface area contributed by atoms with Crippen LogP contribution in [0.15, 0.2) is 37.7 Å². The number of hydrogen-bond donors (Lipinski definition) is 2. The molecule has 3 heterocycles. The number of carbonyl (C=O) groups excluding carboxylic acids is 1. The number of piperidine rings is 1. The summed E-state index contributed by atoms with van der Waals surface area (Å²) in [7, 11) is -3.82. The van der Waals surface area contributed by atoms with E-state index in [9.17, 15) is 18.0 Å². The number of fused-ring (bicyclic) bond motifs is 1. The largest absolute Gasteiger partial charge is 0.417 e. The third-order valence-corrected chi connectivity index (χ3v) is 7.37. The summed E-state index contributed by atoms with van der Waals surface area (Å²) in [6.07, 6.45) is 1.18. The van der Waals surface area contributed by atoms with Gasteiger partial charge in [-0.3, -0.25) is 9.78 Å². The van der Waals surface area contributed by atoms with Crippen molar-refractivity contribution >= 4 is 43.5 Å². The van der Waals surface area contributed by atoms with E-state index >= 15 is 0 Å². The number of carbonyl (C=O) groups is 1. The van der Waals surface area contributed by atoms with E-state index in [1.807, 2.05) is 12.3 Å². The van der Waals surface area contributed by atoms with Crippen LogP contribution in [0, 0.1) is 12.8 Å². The molecule has 148 valence electrons. The summed E-state index contributed by atoms with van der Waals surface area (Å²) in [5, 5.41) is 5.11.